The fraction of sp³-hybridized carbons (Fsp3) is 0.100. The highest BCUT2D eigenvalue weighted by atomic mass is 35.5. The van der Waals surface area contributed by atoms with Crippen molar-refractivity contribution in [3.8, 4) is 5.75 Å². The molecular weight excluding hydrogens is 371 g/mol. The molecule has 0 unspecified atom stereocenters. The number of ether oxygens (including phenoxy) is 1. The molecule has 0 radical (unpaired) electrons. The highest BCUT2D eigenvalue weighted by Gasteiger charge is 2.13. The predicted octanol–water partition coefficient (Wildman–Crippen LogP) is 4.59. The summed E-state index contributed by atoms with van der Waals surface area (Å²) in [6, 6.07) is 18.5. The van der Waals surface area contributed by atoms with Crippen molar-refractivity contribution >= 4 is 29.1 Å². The predicted molar refractivity (Wildman–Crippen MR) is 103 cm³/mol. The molecular formula is C20H16Cl2N2O2. The number of benzene rings is 2. The highest BCUT2D eigenvalue weighted by molar-refractivity contribution is 6.37. The second-order valence-electron chi connectivity index (χ2n) is 5.56. The maximum absolute atomic E-state index is 12.6. The van der Waals surface area contributed by atoms with Crippen molar-refractivity contribution in [3.63, 3.8) is 0 Å². The molecule has 132 valence electrons. The first-order valence-electron chi connectivity index (χ1n) is 7.90. The molecule has 0 fully saturated rings. The van der Waals surface area contributed by atoms with Gasteiger partial charge < -0.3 is 9.30 Å². The first-order chi connectivity index (χ1) is 12.6. The third kappa shape index (κ3) is 4.15. The molecule has 0 aliphatic carbocycles. The molecule has 1 heterocycles. The molecule has 1 amide bonds. The third-order valence-electron chi connectivity index (χ3n) is 3.78. The Morgan fingerprint density at radius 1 is 1.04 bits per heavy atom. The molecule has 0 saturated carbocycles. The number of halogens is 2. The topological polar surface area (TPSA) is 43.6 Å². The maximum Gasteiger partial charge on any atom is 0.279 e. The largest absolute Gasteiger partial charge is 0.494 e. The number of pyridine rings is 1. The van der Waals surface area contributed by atoms with Crippen molar-refractivity contribution in [2.45, 2.75) is 6.54 Å². The van der Waals surface area contributed by atoms with Gasteiger partial charge in [0.25, 0.3) is 5.91 Å². The Bertz CT molecular complexity index is 975. The Balaban J connectivity index is 1.97. The standard InChI is InChI=1S/C20H16Cl2N2O2/c1-26-19-16(21)11-15(12-17(19)22)20(25)23-18-9-5-6-10-24(18)13-14-7-3-2-4-8-14/h2-12H,13H2,1H3. The number of hydrogen-bond acceptors (Lipinski definition) is 2. The lowest BCUT2D eigenvalue weighted by Gasteiger charge is -2.08. The Hall–Kier alpha value is -2.56. The van der Waals surface area contributed by atoms with E-state index < -0.39 is 5.91 Å². The molecule has 0 saturated heterocycles. The van der Waals surface area contributed by atoms with Gasteiger partial charge >= 0.3 is 0 Å². The van der Waals surface area contributed by atoms with Crippen LogP contribution in [0.15, 0.2) is 71.9 Å². The van der Waals surface area contributed by atoms with Crippen LogP contribution in [0.3, 0.4) is 0 Å². The summed E-state index contributed by atoms with van der Waals surface area (Å²) in [6.45, 7) is 0.609. The molecule has 0 N–H and O–H groups in total. The van der Waals surface area contributed by atoms with Gasteiger partial charge in [-0.2, -0.15) is 4.99 Å². The van der Waals surface area contributed by atoms with E-state index in [1.165, 1.54) is 19.2 Å². The second kappa shape index (κ2) is 8.21. The zero-order chi connectivity index (χ0) is 18.5. The lowest BCUT2D eigenvalue weighted by Crippen LogP contribution is -2.22. The van der Waals surface area contributed by atoms with Crippen molar-refractivity contribution in [3.05, 3.63) is 93.5 Å². The van der Waals surface area contributed by atoms with Crippen LogP contribution in [0, 0.1) is 0 Å². The lowest BCUT2D eigenvalue weighted by atomic mass is 10.2. The quantitative estimate of drug-likeness (QED) is 0.657. The van der Waals surface area contributed by atoms with Crippen LogP contribution < -0.4 is 10.2 Å². The van der Waals surface area contributed by atoms with Gasteiger partial charge in [-0.3, -0.25) is 4.79 Å². The van der Waals surface area contributed by atoms with Gasteiger partial charge in [0.15, 0.2) is 5.75 Å². The van der Waals surface area contributed by atoms with Crippen LogP contribution in [0.25, 0.3) is 0 Å². The fourth-order valence-corrected chi connectivity index (χ4v) is 3.17. The number of rotatable bonds is 4. The molecule has 6 heteroatoms. The summed E-state index contributed by atoms with van der Waals surface area (Å²) < 4.78 is 7.01. The van der Waals surface area contributed by atoms with Crippen LogP contribution >= 0.6 is 23.2 Å². The molecule has 2 aromatic carbocycles. The molecule has 3 rings (SSSR count). The van der Waals surface area contributed by atoms with Crippen LogP contribution in [-0.2, 0) is 6.54 Å². The van der Waals surface area contributed by atoms with E-state index in [0.717, 1.165) is 5.56 Å². The summed E-state index contributed by atoms with van der Waals surface area (Å²) in [7, 11) is 1.47. The molecule has 0 atom stereocenters. The molecule has 26 heavy (non-hydrogen) atoms. The van der Waals surface area contributed by atoms with Crippen molar-refractivity contribution in [1.82, 2.24) is 4.57 Å². The van der Waals surface area contributed by atoms with Gasteiger partial charge in [-0.25, -0.2) is 0 Å². The Kier molecular flexibility index (Phi) is 5.76. The Labute approximate surface area is 161 Å². The maximum atomic E-state index is 12.6. The third-order valence-corrected chi connectivity index (χ3v) is 4.34. The number of nitrogens with zero attached hydrogens (tertiary/aromatic N) is 2. The van der Waals surface area contributed by atoms with Gasteiger partial charge in [0.2, 0.25) is 0 Å². The zero-order valence-electron chi connectivity index (χ0n) is 14.0. The molecule has 1 aromatic heterocycles. The van der Waals surface area contributed by atoms with E-state index in [1.54, 1.807) is 6.07 Å². The molecule has 0 spiro atoms. The summed E-state index contributed by atoms with van der Waals surface area (Å²) in [5.41, 5.74) is 1.96. The van der Waals surface area contributed by atoms with Crippen LogP contribution in [0.2, 0.25) is 10.0 Å². The monoisotopic (exact) mass is 386 g/mol. The van der Waals surface area contributed by atoms with Crippen molar-refractivity contribution in [2.24, 2.45) is 4.99 Å². The van der Waals surface area contributed by atoms with E-state index in [4.69, 9.17) is 27.9 Å². The van der Waals surface area contributed by atoms with E-state index in [1.807, 2.05) is 53.2 Å². The number of methoxy groups -OCH3 is 1. The van der Waals surface area contributed by atoms with E-state index in [2.05, 4.69) is 4.99 Å². The zero-order valence-corrected chi connectivity index (χ0v) is 15.5. The average molecular weight is 387 g/mol. The average Bonchev–Trinajstić information content (AvgIpc) is 2.64. The minimum absolute atomic E-state index is 0.267. The molecule has 0 aliphatic heterocycles. The number of carbonyl (C=O) groups is 1. The minimum atomic E-state index is -0.426. The Morgan fingerprint density at radius 3 is 2.35 bits per heavy atom. The van der Waals surface area contributed by atoms with E-state index in [0.29, 0.717) is 23.3 Å². The molecule has 0 bridgehead atoms. The van der Waals surface area contributed by atoms with Gasteiger partial charge in [0.1, 0.15) is 5.49 Å². The van der Waals surface area contributed by atoms with E-state index in [9.17, 15) is 4.79 Å². The smallest absolute Gasteiger partial charge is 0.279 e. The summed E-state index contributed by atoms with van der Waals surface area (Å²) in [5, 5.41) is 0.535. The van der Waals surface area contributed by atoms with Gasteiger partial charge in [0, 0.05) is 18.3 Å². The number of carbonyl (C=O) groups excluding carboxylic acids is 1. The van der Waals surface area contributed by atoms with Crippen molar-refractivity contribution in [1.29, 1.82) is 0 Å². The first kappa shape index (κ1) is 18.2. The summed E-state index contributed by atoms with van der Waals surface area (Å²) in [5.74, 6) is -0.0896. The molecule has 0 aliphatic rings. The van der Waals surface area contributed by atoms with Crippen LogP contribution in [-0.4, -0.2) is 17.6 Å². The van der Waals surface area contributed by atoms with Gasteiger partial charge in [0.05, 0.1) is 17.2 Å². The highest BCUT2D eigenvalue weighted by Crippen LogP contribution is 2.33. The Morgan fingerprint density at radius 2 is 1.69 bits per heavy atom. The van der Waals surface area contributed by atoms with Gasteiger partial charge in [-0.05, 0) is 29.8 Å². The van der Waals surface area contributed by atoms with Crippen LogP contribution in [0.1, 0.15) is 15.9 Å². The van der Waals surface area contributed by atoms with Crippen molar-refractivity contribution < 1.29 is 9.53 Å². The molecule has 4 nitrogen and oxygen atoms in total. The minimum Gasteiger partial charge on any atom is -0.494 e. The van der Waals surface area contributed by atoms with Crippen LogP contribution in [0.4, 0.5) is 0 Å². The fourth-order valence-electron chi connectivity index (χ4n) is 2.53. The normalized spacial score (nSPS) is 11.4. The number of aromatic nitrogens is 1. The number of amides is 1. The first-order valence-corrected chi connectivity index (χ1v) is 8.65. The van der Waals surface area contributed by atoms with Crippen LogP contribution in [0.5, 0.6) is 5.75 Å². The number of hydrogen-bond donors (Lipinski definition) is 0. The SMILES string of the molecule is COc1c(Cl)cc(C(=O)N=c2ccccn2Cc2ccccc2)cc1Cl. The summed E-state index contributed by atoms with van der Waals surface area (Å²) in [6.07, 6.45) is 1.88. The lowest BCUT2D eigenvalue weighted by molar-refractivity contribution is 0.0997. The van der Waals surface area contributed by atoms with E-state index in [-0.39, 0.29) is 10.0 Å². The summed E-state index contributed by atoms with van der Waals surface area (Å²) >= 11 is 12.2. The van der Waals surface area contributed by atoms with Gasteiger partial charge in [-0.1, -0.05) is 59.6 Å². The van der Waals surface area contributed by atoms with Gasteiger partial charge in [-0.15, -0.1) is 0 Å². The summed E-state index contributed by atoms with van der Waals surface area (Å²) in [4.78, 5) is 16.8. The van der Waals surface area contributed by atoms with Crippen molar-refractivity contribution in [2.75, 3.05) is 7.11 Å². The second-order valence-corrected chi connectivity index (χ2v) is 6.38. The van der Waals surface area contributed by atoms with E-state index >= 15 is 0 Å². The molecule has 3 aromatic rings.